The third kappa shape index (κ3) is 4.23. The Balaban J connectivity index is 0.00000242. The highest BCUT2D eigenvalue weighted by molar-refractivity contribution is 5.85. The summed E-state index contributed by atoms with van der Waals surface area (Å²) in [7, 11) is 0. The van der Waals surface area contributed by atoms with Crippen LogP contribution in [0.3, 0.4) is 0 Å². The minimum atomic E-state index is -0.264. The molecule has 3 nitrogen and oxygen atoms in total. The summed E-state index contributed by atoms with van der Waals surface area (Å²) in [5, 5.41) is 6.43. The van der Waals surface area contributed by atoms with Gasteiger partial charge in [-0.1, -0.05) is 45.0 Å². The van der Waals surface area contributed by atoms with E-state index in [1.165, 1.54) is 5.56 Å². The summed E-state index contributed by atoms with van der Waals surface area (Å²) in [6.07, 6.45) is 0.911. The fraction of sp³-hybridized carbons (Fsp3) is 0.611. The Kier molecular flexibility index (Phi) is 6.05. The van der Waals surface area contributed by atoms with Gasteiger partial charge in [0.15, 0.2) is 0 Å². The highest BCUT2D eigenvalue weighted by atomic mass is 35.5. The summed E-state index contributed by atoms with van der Waals surface area (Å²) in [6.45, 7) is 12.4. The quantitative estimate of drug-likeness (QED) is 0.892. The number of halogens is 1. The van der Waals surface area contributed by atoms with Crippen molar-refractivity contribution in [3.05, 3.63) is 35.4 Å². The molecule has 1 fully saturated rings. The molecule has 0 bridgehead atoms. The molecule has 2 rings (SSSR count). The van der Waals surface area contributed by atoms with E-state index in [-0.39, 0.29) is 35.2 Å². The summed E-state index contributed by atoms with van der Waals surface area (Å²) in [5.41, 5.74) is 2.37. The summed E-state index contributed by atoms with van der Waals surface area (Å²) in [4.78, 5) is 12.4. The van der Waals surface area contributed by atoms with Crippen molar-refractivity contribution in [3.63, 3.8) is 0 Å². The van der Waals surface area contributed by atoms with Gasteiger partial charge in [-0.05, 0) is 43.4 Å². The van der Waals surface area contributed by atoms with Gasteiger partial charge in [0.2, 0.25) is 5.91 Å². The Bertz CT molecular complexity index is 499. The molecule has 1 aliphatic rings. The predicted molar refractivity (Wildman–Crippen MR) is 94.5 cm³/mol. The van der Waals surface area contributed by atoms with Gasteiger partial charge in [-0.25, -0.2) is 0 Å². The lowest BCUT2D eigenvalue weighted by Gasteiger charge is -2.25. The van der Waals surface area contributed by atoms with E-state index in [1.54, 1.807) is 0 Å². The largest absolute Gasteiger partial charge is 0.349 e. The maximum absolute atomic E-state index is 12.4. The molecule has 1 aromatic rings. The van der Waals surface area contributed by atoms with E-state index in [0.29, 0.717) is 0 Å². The standard InChI is InChI=1S/C18H28N2O.ClH/c1-13(20-16(21)18(5)10-11-19-12-18)14-6-8-15(9-7-14)17(2,3)4;/h6-9,13,19H,10-12H2,1-5H3,(H,20,21);1H. The minimum absolute atomic E-state index is 0. The second kappa shape index (κ2) is 7.01. The lowest BCUT2D eigenvalue weighted by atomic mass is 9.86. The van der Waals surface area contributed by atoms with E-state index in [9.17, 15) is 4.79 Å². The predicted octanol–water partition coefficient (Wildman–Crippen LogP) is 3.58. The molecule has 0 spiro atoms. The number of rotatable bonds is 3. The number of carbonyl (C=O) groups is 1. The van der Waals surface area contributed by atoms with Gasteiger partial charge in [0, 0.05) is 6.54 Å². The fourth-order valence-electron chi connectivity index (χ4n) is 2.74. The second-order valence-corrected chi connectivity index (χ2v) is 7.55. The van der Waals surface area contributed by atoms with Gasteiger partial charge in [0.05, 0.1) is 11.5 Å². The van der Waals surface area contributed by atoms with Crippen molar-refractivity contribution in [2.24, 2.45) is 5.41 Å². The number of hydrogen-bond acceptors (Lipinski definition) is 2. The number of benzene rings is 1. The molecule has 1 saturated heterocycles. The van der Waals surface area contributed by atoms with Gasteiger partial charge in [-0.15, -0.1) is 12.4 Å². The van der Waals surface area contributed by atoms with Gasteiger partial charge in [-0.3, -0.25) is 4.79 Å². The first kappa shape index (κ1) is 19.0. The van der Waals surface area contributed by atoms with Crippen LogP contribution in [0, 0.1) is 5.41 Å². The zero-order chi connectivity index (χ0) is 15.7. The van der Waals surface area contributed by atoms with Crippen molar-refractivity contribution >= 4 is 18.3 Å². The van der Waals surface area contributed by atoms with Crippen LogP contribution >= 0.6 is 12.4 Å². The Hall–Kier alpha value is -1.06. The van der Waals surface area contributed by atoms with Gasteiger partial charge in [0.25, 0.3) is 0 Å². The fourth-order valence-corrected chi connectivity index (χ4v) is 2.74. The molecule has 0 radical (unpaired) electrons. The minimum Gasteiger partial charge on any atom is -0.349 e. The van der Waals surface area contributed by atoms with Crippen LogP contribution in [0.25, 0.3) is 0 Å². The Morgan fingerprint density at radius 3 is 2.32 bits per heavy atom. The molecule has 1 heterocycles. The van der Waals surface area contributed by atoms with Crippen LogP contribution in [0.5, 0.6) is 0 Å². The van der Waals surface area contributed by atoms with Crippen LogP contribution in [0.15, 0.2) is 24.3 Å². The number of hydrogen-bond donors (Lipinski definition) is 2. The molecule has 2 N–H and O–H groups in total. The van der Waals surface area contributed by atoms with Crippen molar-refractivity contribution < 1.29 is 4.79 Å². The van der Waals surface area contributed by atoms with Crippen molar-refractivity contribution in [3.8, 4) is 0 Å². The summed E-state index contributed by atoms with van der Waals surface area (Å²) >= 11 is 0. The topological polar surface area (TPSA) is 41.1 Å². The molecule has 1 amide bonds. The zero-order valence-electron chi connectivity index (χ0n) is 14.3. The SMILES string of the molecule is CC(NC(=O)C1(C)CCNC1)c1ccc(C(C)(C)C)cc1.Cl. The maximum atomic E-state index is 12.4. The molecule has 2 atom stereocenters. The monoisotopic (exact) mass is 324 g/mol. The van der Waals surface area contributed by atoms with Crippen molar-refractivity contribution in [1.29, 1.82) is 0 Å². The third-order valence-electron chi connectivity index (χ3n) is 4.54. The van der Waals surface area contributed by atoms with Gasteiger partial charge < -0.3 is 10.6 Å². The van der Waals surface area contributed by atoms with Crippen LogP contribution in [0.2, 0.25) is 0 Å². The molecular weight excluding hydrogens is 296 g/mol. The van der Waals surface area contributed by atoms with Gasteiger partial charge in [0.1, 0.15) is 0 Å². The lowest BCUT2D eigenvalue weighted by molar-refractivity contribution is -0.129. The molecule has 0 aliphatic carbocycles. The molecule has 22 heavy (non-hydrogen) atoms. The first-order valence-corrected chi connectivity index (χ1v) is 7.84. The van der Waals surface area contributed by atoms with Gasteiger partial charge in [-0.2, -0.15) is 0 Å². The highest BCUT2D eigenvalue weighted by Gasteiger charge is 2.36. The Morgan fingerprint density at radius 1 is 1.27 bits per heavy atom. The molecule has 0 saturated carbocycles. The number of amides is 1. The molecular formula is C18H29ClN2O. The molecule has 4 heteroatoms. The molecule has 0 aromatic heterocycles. The van der Waals surface area contributed by atoms with E-state index >= 15 is 0 Å². The van der Waals surface area contributed by atoms with E-state index in [0.717, 1.165) is 25.1 Å². The molecule has 1 aliphatic heterocycles. The molecule has 124 valence electrons. The van der Waals surface area contributed by atoms with Crippen LogP contribution in [-0.4, -0.2) is 19.0 Å². The average molecular weight is 325 g/mol. The average Bonchev–Trinajstić information content (AvgIpc) is 2.86. The van der Waals surface area contributed by atoms with Gasteiger partial charge >= 0.3 is 0 Å². The maximum Gasteiger partial charge on any atom is 0.227 e. The third-order valence-corrected chi connectivity index (χ3v) is 4.54. The second-order valence-electron chi connectivity index (χ2n) is 7.55. The normalized spacial score (nSPS) is 22.8. The Morgan fingerprint density at radius 2 is 1.86 bits per heavy atom. The van der Waals surface area contributed by atoms with E-state index in [4.69, 9.17) is 0 Å². The van der Waals surface area contributed by atoms with E-state index in [2.05, 4.69) is 62.6 Å². The van der Waals surface area contributed by atoms with Crippen LogP contribution in [0.4, 0.5) is 0 Å². The van der Waals surface area contributed by atoms with Crippen molar-refractivity contribution in [1.82, 2.24) is 10.6 Å². The van der Waals surface area contributed by atoms with Crippen LogP contribution in [-0.2, 0) is 10.2 Å². The van der Waals surface area contributed by atoms with Crippen molar-refractivity contribution in [2.45, 2.75) is 52.5 Å². The number of nitrogens with one attached hydrogen (secondary N) is 2. The lowest BCUT2D eigenvalue weighted by Crippen LogP contribution is -2.41. The Labute approximate surface area is 140 Å². The zero-order valence-corrected chi connectivity index (χ0v) is 15.1. The van der Waals surface area contributed by atoms with Crippen LogP contribution < -0.4 is 10.6 Å². The van der Waals surface area contributed by atoms with Crippen LogP contribution in [0.1, 0.15) is 58.2 Å². The van der Waals surface area contributed by atoms with Crippen molar-refractivity contribution in [2.75, 3.05) is 13.1 Å². The number of carbonyl (C=O) groups excluding carboxylic acids is 1. The summed E-state index contributed by atoms with van der Waals surface area (Å²) in [6, 6.07) is 8.62. The smallest absolute Gasteiger partial charge is 0.227 e. The first-order valence-electron chi connectivity index (χ1n) is 7.84. The summed E-state index contributed by atoms with van der Waals surface area (Å²) in [5.74, 6) is 0.153. The van der Waals surface area contributed by atoms with E-state index < -0.39 is 0 Å². The highest BCUT2D eigenvalue weighted by Crippen LogP contribution is 2.27. The molecule has 2 unspecified atom stereocenters. The van der Waals surface area contributed by atoms with E-state index in [1.807, 2.05) is 6.92 Å². The molecule has 1 aromatic carbocycles. The summed E-state index contributed by atoms with van der Waals surface area (Å²) < 4.78 is 0. The first-order chi connectivity index (χ1) is 9.72.